The van der Waals surface area contributed by atoms with E-state index in [-0.39, 0.29) is 5.78 Å². The summed E-state index contributed by atoms with van der Waals surface area (Å²) in [6, 6.07) is 11.5. The second-order valence-corrected chi connectivity index (χ2v) is 6.87. The normalized spacial score (nSPS) is 11.0. The maximum atomic E-state index is 11.7. The Balaban J connectivity index is 1.64. The zero-order chi connectivity index (χ0) is 20.4. The molecule has 1 aromatic carbocycles. The Kier molecular flexibility index (Phi) is 5.05. The van der Waals surface area contributed by atoms with E-state index in [4.69, 9.17) is 4.74 Å². The fourth-order valence-electron chi connectivity index (χ4n) is 3.25. The number of ether oxygens (including phenoxy) is 1. The van der Waals surface area contributed by atoms with Gasteiger partial charge in [0.2, 0.25) is 5.95 Å². The molecule has 3 heterocycles. The van der Waals surface area contributed by atoms with Crippen LogP contribution in [0, 0.1) is 6.92 Å². The standard InChI is InChI=1S/C22H21N5O2/c1-13-8-17(10-16-11-19(14(2)28)26-21(13)16)25-22-24-7-5-18(27-22)20-9-15(12-29-3)4-6-23-20/h4-11,26H,12H2,1-3H3,(H,24,25,27). The lowest BCUT2D eigenvalue weighted by molar-refractivity contribution is 0.101. The third-order valence-corrected chi connectivity index (χ3v) is 4.61. The van der Waals surface area contributed by atoms with Gasteiger partial charge >= 0.3 is 0 Å². The van der Waals surface area contributed by atoms with Crippen LogP contribution in [0.15, 0.2) is 48.8 Å². The van der Waals surface area contributed by atoms with E-state index >= 15 is 0 Å². The molecule has 4 rings (SSSR count). The summed E-state index contributed by atoms with van der Waals surface area (Å²) in [4.78, 5) is 28.2. The van der Waals surface area contributed by atoms with Crippen LogP contribution >= 0.6 is 0 Å². The Labute approximate surface area is 168 Å². The smallest absolute Gasteiger partial charge is 0.227 e. The van der Waals surface area contributed by atoms with Crippen LogP contribution in [0.4, 0.5) is 11.6 Å². The van der Waals surface area contributed by atoms with Gasteiger partial charge in [-0.2, -0.15) is 0 Å². The average Bonchev–Trinajstić information content (AvgIpc) is 3.14. The number of hydrogen-bond acceptors (Lipinski definition) is 6. The summed E-state index contributed by atoms with van der Waals surface area (Å²) in [5.74, 6) is 0.483. The molecule has 146 valence electrons. The van der Waals surface area contributed by atoms with Crippen LogP contribution < -0.4 is 5.32 Å². The van der Waals surface area contributed by atoms with Crippen molar-refractivity contribution < 1.29 is 9.53 Å². The summed E-state index contributed by atoms with van der Waals surface area (Å²) in [6.45, 7) is 4.06. The van der Waals surface area contributed by atoms with Gasteiger partial charge in [-0.15, -0.1) is 0 Å². The molecule has 0 amide bonds. The molecule has 4 aromatic rings. The summed E-state index contributed by atoms with van der Waals surface area (Å²) in [6.07, 6.45) is 3.44. The molecule has 0 aliphatic rings. The number of aromatic nitrogens is 4. The summed E-state index contributed by atoms with van der Waals surface area (Å²) >= 11 is 0. The Hall–Kier alpha value is -3.58. The van der Waals surface area contributed by atoms with Gasteiger partial charge in [-0.05, 0) is 54.4 Å². The summed E-state index contributed by atoms with van der Waals surface area (Å²) in [5.41, 5.74) is 5.94. The molecule has 3 aromatic heterocycles. The zero-order valence-corrected chi connectivity index (χ0v) is 16.5. The molecule has 0 radical (unpaired) electrons. The SMILES string of the molecule is COCc1ccnc(-c2ccnc(Nc3cc(C)c4[nH]c(C(C)=O)cc4c3)n2)c1. The maximum Gasteiger partial charge on any atom is 0.227 e. The number of nitrogens with one attached hydrogen (secondary N) is 2. The van der Waals surface area contributed by atoms with Crippen LogP contribution in [0.5, 0.6) is 0 Å². The minimum atomic E-state index is 0.00865. The number of benzene rings is 1. The number of aromatic amines is 1. The highest BCUT2D eigenvalue weighted by Gasteiger charge is 2.10. The lowest BCUT2D eigenvalue weighted by Crippen LogP contribution is -1.99. The monoisotopic (exact) mass is 387 g/mol. The van der Waals surface area contributed by atoms with E-state index in [9.17, 15) is 4.79 Å². The van der Waals surface area contributed by atoms with Crippen molar-refractivity contribution in [3.8, 4) is 11.4 Å². The van der Waals surface area contributed by atoms with Crippen LogP contribution in [-0.4, -0.2) is 32.8 Å². The number of Topliss-reactive ketones (excluding diaryl/α,β-unsaturated/α-hetero) is 1. The number of H-pyrrole nitrogens is 1. The molecule has 7 nitrogen and oxygen atoms in total. The third-order valence-electron chi connectivity index (χ3n) is 4.61. The van der Waals surface area contributed by atoms with Gasteiger partial charge in [0.15, 0.2) is 5.78 Å². The molecule has 7 heteroatoms. The second kappa shape index (κ2) is 7.81. The number of fused-ring (bicyclic) bond motifs is 1. The minimum Gasteiger partial charge on any atom is -0.380 e. The third kappa shape index (κ3) is 4.00. The number of rotatable bonds is 6. The fourth-order valence-corrected chi connectivity index (χ4v) is 3.25. The highest BCUT2D eigenvalue weighted by molar-refractivity contribution is 5.99. The van der Waals surface area contributed by atoms with E-state index in [1.807, 2.05) is 43.3 Å². The highest BCUT2D eigenvalue weighted by Crippen LogP contribution is 2.26. The number of aryl methyl sites for hydroxylation is 1. The molecule has 0 saturated heterocycles. The van der Waals surface area contributed by atoms with E-state index in [0.717, 1.165) is 39.1 Å². The number of hydrogen-bond donors (Lipinski definition) is 2. The fraction of sp³-hybridized carbons (Fsp3) is 0.182. The number of pyridine rings is 1. The van der Waals surface area contributed by atoms with Gasteiger partial charge in [0.1, 0.15) is 0 Å². The number of methoxy groups -OCH3 is 1. The van der Waals surface area contributed by atoms with E-state index in [2.05, 4.69) is 25.3 Å². The predicted octanol–water partition coefficient (Wildman–Crippen LogP) is 4.42. The summed E-state index contributed by atoms with van der Waals surface area (Å²) in [5, 5.41) is 4.21. The number of carbonyl (C=O) groups excluding carboxylic acids is 1. The van der Waals surface area contributed by atoms with Gasteiger partial charge < -0.3 is 15.0 Å². The van der Waals surface area contributed by atoms with E-state index in [1.54, 1.807) is 26.4 Å². The first-order valence-electron chi connectivity index (χ1n) is 9.22. The first kappa shape index (κ1) is 18.8. The van der Waals surface area contributed by atoms with Crippen molar-refractivity contribution in [2.75, 3.05) is 12.4 Å². The van der Waals surface area contributed by atoms with Gasteiger partial charge in [-0.3, -0.25) is 9.78 Å². The molecule has 2 N–H and O–H groups in total. The molecular weight excluding hydrogens is 366 g/mol. The molecule has 0 bridgehead atoms. The second-order valence-electron chi connectivity index (χ2n) is 6.87. The van der Waals surface area contributed by atoms with E-state index in [1.165, 1.54) is 0 Å². The average molecular weight is 387 g/mol. The van der Waals surface area contributed by atoms with Crippen molar-refractivity contribution in [3.63, 3.8) is 0 Å². The zero-order valence-electron chi connectivity index (χ0n) is 16.5. The van der Waals surface area contributed by atoms with E-state index < -0.39 is 0 Å². The Morgan fingerprint density at radius 1 is 1.10 bits per heavy atom. The van der Waals surface area contributed by atoms with Gasteiger partial charge in [-0.25, -0.2) is 9.97 Å². The topological polar surface area (TPSA) is 92.8 Å². The molecule has 29 heavy (non-hydrogen) atoms. The number of ketones is 1. The number of nitrogens with zero attached hydrogens (tertiary/aromatic N) is 3. The highest BCUT2D eigenvalue weighted by atomic mass is 16.5. The first-order chi connectivity index (χ1) is 14.0. The van der Waals surface area contributed by atoms with Crippen LogP contribution in [0.2, 0.25) is 0 Å². The van der Waals surface area contributed by atoms with Crippen molar-refractivity contribution >= 4 is 28.3 Å². The van der Waals surface area contributed by atoms with Gasteiger partial charge in [0.25, 0.3) is 0 Å². The number of anilines is 2. The molecule has 0 saturated carbocycles. The quantitative estimate of drug-likeness (QED) is 0.476. The Morgan fingerprint density at radius 3 is 2.72 bits per heavy atom. The molecule has 0 aliphatic heterocycles. The molecule has 0 spiro atoms. The summed E-state index contributed by atoms with van der Waals surface area (Å²) < 4.78 is 5.19. The van der Waals surface area contributed by atoms with E-state index in [0.29, 0.717) is 18.2 Å². The van der Waals surface area contributed by atoms with Crippen molar-refractivity contribution in [2.45, 2.75) is 20.5 Å². The van der Waals surface area contributed by atoms with Crippen molar-refractivity contribution in [1.29, 1.82) is 0 Å². The van der Waals surface area contributed by atoms with Crippen LogP contribution in [-0.2, 0) is 11.3 Å². The molecule has 0 fully saturated rings. The lowest BCUT2D eigenvalue weighted by Gasteiger charge is -2.08. The van der Waals surface area contributed by atoms with Crippen molar-refractivity contribution in [3.05, 3.63) is 65.6 Å². The Bertz CT molecular complexity index is 1200. The lowest BCUT2D eigenvalue weighted by atomic mass is 10.1. The van der Waals surface area contributed by atoms with Gasteiger partial charge in [0.05, 0.1) is 23.7 Å². The molecular formula is C22H21N5O2. The summed E-state index contributed by atoms with van der Waals surface area (Å²) in [7, 11) is 1.66. The molecule has 0 unspecified atom stereocenters. The van der Waals surface area contributed by atoms with Crippen LogP contribution in [0.3, 0.4) is 0 Å². The molecule has 0 aliphatic carbocycles. The van der Waals surface area contributed by atoms with Crippen LogP contribution in [0.25, 0.3) is 22.3 Å². The number of carbonyl (C=O) groups is 1. The van der Waals surface area contributed by atoms with Gasteiger partial charge in [-0.1, -0.05) is 0 Å². The first-order valence-corrected chi connectivity index (χ1v) is 9.22. The molecule has 0 atom stereocenters. The Morgan fingerprint density at radius 2 is 1.93 bits per heavy atom. The largest absolute Gasteiger partial charge is 0.380 e. The predicted molar refractivity (Wildman–Crippen MR) is 112 cm³/mol. The van der Waals surface area contributed by atoms with Crippen LogP contribution in [0.1, 0.15) is 28.5 Å². The van der Waals surface area contributed by atoms with Crippen molar-refractivity contribution in [1.82, 2.24) is 19.9 Å². The van der Waals surface area contributed by atoms with Gasteiger partial charge in [0, 0.05) is 43.0 Å². The minimum absolute atomic E-state index is 0.00865. The van der Waals surface area contributed by atoms with Crippen molar-refractivity contribution in [2.24, 2.45) is 0 Å². The maximum absolute atomic E-state index is 11.7.